The fourth-order valence-corrected chi connectivity index (χ4v) is 3.96. The van der Waals surface area contributed by atoms with Crippen molar-refractivity contribution in [3.05, 3.63) is 65.0 Å². The van der Waals surface area contributed by atoms with Crippen molar-refractivity contribution in [3.8, 4) is 11.4 Å². The summed E-state index contributed by atoms with van der Waals surface area (Å²) in [6.45, 7) is 5.57. The van der Waals surface area contributed by atoms with Gasteiger partial charge in [-0.15, -0.1) is 0 Å². The molecule has 0 spiro atoms. The third-order valence-corrected chi connectivity index (χ3v) is 5.36. The molecule has 3 aromatic rings. The van der Waals surface area contributed by atoms with Crippen molar-refractivity contribution in [2.45, 2.75) is 32.8 Å². The van der Waals surface area contributed by atoms with Crippen LogP contribution < -0.4 is 5.73 Å². The first-order valence-corrected chi connectivity index (χ1v) is 10.7. The maximum absolute atomic E-state index is 13.6. The van der Waals surface area contributed by atoms with Crippen LogP contribution in [0.3, 0.4) is 0 Å². The van der Waals surface area contributed by atoms with E-state index in [2.05, 4.69) is 9.97 Å². The molecule has 1 aliphatic heterocycles. The van der Waals surface area contributed by atoms with Crippen LogP contribution in [0, 0.1) is 0 Å². The molecular formula is C25H27N5O3. The molecule has 1 aliphatic rings. The van der Waals surface area contributed by atoms with Gasteiger partial charge in [-0.25, -0.2) is 19.7 Å². The average Bonchev–Trinajstić information content (AvgIpc) is 3.04. The zero-order valence-electron chi connectivity index (χ0n) is 19.2. The van der Waals surface area contributed by atoms with Crippen molar-refractivity contribution in [2.75, 3.05) is 12.3 Å². The number of imide groups is 1. The summed E-state index contributed by atoms with van der Waals surface area (Å²) in [5.74, 6) is -0.242. The Morgan fingerprint density at radius 2 is 1.88 bits per heavy atom. The highest BCUT2D eigenvalue weighted by Crippen LogP contribution is 2.35. The summed E-state index contributed by atoms with van der Waals surface area (Å²) in [4.78, 5) is 35.9. The number of rotatable bonds is 3. The number of benzene rings is 1. The highest BCUT2D eigenvalue weighted by Gasteiger charge is 2.37. The Morgan fingerprint density at radius 3 is 2.55 bits per heavy atom. The van der Waals surface area contributed by atoms with Gasteiger partial charge in [0.25, 0.3) is 5.91 Å². The van der Waals surface area contributed by atoms with E-state index in [-0.39, 0.29) is 18.4 Å². The number of carbonyl (C=O) groups is 2. The normalized spacial score (nSPS) is 13.9. The number of hydrogen-bond donors (Lipinski definition) is 1. The molecule has 2 aromatic heterocycles. The van der Waals surface area contributed by atoms with E-state index in [0.717, 1.165) is 17.0 Å². The van der Waals surface area contributed by atoms with Gasteiger partial charge < -0.3 is 15.0 Å². The minimum atomic E-state index is -0.700. The molecule has 33 heavy (non-hydrogen) atoms. The van der Waals surface area contributed by atoms with E-state index in [1.54, 1.807) is 33.0 Å². The molecule has 8 heteroatoms. The van der Waals surface area contributed by atoms with Gasteiger partial charge in [0.1, 0.15) is 5.60 Å². The van der Waals surface area contributed by atoms with E-state index in [1.165, 1.54) is 4.90 Å². The van der Waals surface area contributed by atoms with Crippen LogP contribution in [0.4, 0.5) is 10.7 Å². The predicted molar refractivity (Wildman–Crippen MR) is 127 cm³/mol. The Kier molecular flexibility index (Phi) is 5.76. The maximum Gasteiger partial charge on any atom is 0.417 e. The van der Waals surface area contributed by atoms with Crippen LogP contribution >= 0.6 is 0 Å². The van der Waals surface area contributed by atoms with Crippen molar-refractivity contribution in [3.63, 3.8) is 0 Å². The Bertz CT molecular complexity index is 1240. The van der Waals surface area contributed by atoms with Crippen LogP contribution in [0.25, 0.3) is 23.5 Å². The smallest absolute Gasteiger partial charge is 0.417 e. The van der Waals surface area contributed by atoms with E-state index >= 15 is 0 Å². The summed E-state index contributed by atoms with van der Waals surface area (Å²) in [5.41, 5.74) is 9.44. The number of nitrogens with two attached hydrogens (primary N) is 1. The first-order chi connectivity index (χ1) is 15.7. The van der Waals surface area contributed by atoms with Gasteiger partial charge in [-0.1, -0.05) is 42.5 Å². The van der Waals surface area contributed by atoms with Gasteiger partial charge in [-0.2, -0.15) is 0 Å². The Balaban J connectivity index is 1.85. The second-order valence-corrected chi connectivity index (χ2v) is 8.87. The fraction of sp³-hybridized carbons (Fsp3) is 0.280. The minimum absolute atomic E-state index is 0.145. The first kappa shape index (κ1) is 22.3. The number of ether oxygens (including phenoxy) is 1. The fourth-order valence-electron chi connectivity index (χ4n) is 3.96. The summed E-state index contributed by atoms with van der Waals surface area (Å²) in [5, 5.41) is 0. The number of fused-ring (bicyclic) bond motifs is 1. The summed E-state index contributed by atoms with van der Waals surface area (Å²) in [7, 11) is 1.89. The monoisotopic (exact) mass is 445 g/mol. The molecule has 0 aliphatic carbocycles. The molecule has 4 rings (SSSR count). The molecular weight excluding hydrogens is 418 g/mol. The molecule has 170 valence electrons. The summed E-state index contributed by atoms with van der Waals surface area (Å²) in [6.07, 6.45) is 5.27. The lowest BCUT2D eigenvalue weighted by Crippen LogP contribution is -2.45. The Hall–Kier alpha value is -3.94. The summed E-state index contributed by atoms with van der Waals surface area (Å²) >= 11 is 0. The quantitative estimate of drug-likeness (QED) is 0.649. The van der Waals surface area contributed by atoms with E-state index in [1.807, 2.05) is 54.1 Å². The van der Waals surface area contributed by atoms with Gasteiger partial charge in [-0.3, -0.25) is 4.79 Å². The number of amides is 2. The van der Waals surface area contributed by atoms with Gasteiger partial charge >= 0.3 is 6.09 Å². The van der Waals surface area contributed by atoms with Crippen molar-refractivity contribution in [1.29, 1.82) is 0 Å². The Morgan fingerprint density at radius 1 is 1.15 bits per heavy atom. The van der Waals surface area contributed by atoms with Crippen LogP contribution in [-0.2, 0) is 18.2 Å². The van der Waals surface area contributed by atoms with Crippen molar-refractivity contribution in [1.82, 2.24) is 19.4 Å². The van der Waals surface area contributed by atoms with Gasteiger partial charge in [-0.05, 0) is 32.4 Å². The van der Waals surface area contributed by atoms with Crippen LogP contribution in [0.2, 0.25) is 0 Å². The highest BCUT2D eigenvalue weighted by molar-refractivity contribution is 6.09. The lowest BCUT2D eigenvalue weighted by atomic mass is 10.00. The molecule has 0 bridgehead atoms. The summed E-state index contributed by atoms with van der Waals surface area (Å²) in [6, 6.07) is 11.5. The molecule has 2 N–H and O–H groups in total. The van der Waals surface area contributed by atoms with E-state index in [0.29, 0.717) is 23.2 Å². The van der Waals surface area contributed by atoms with Crippen molar-refractivity contribution >= 4 is 30.1 Å². The third-order valence-electron chi connectivity index (χ3n) is 5.36. The lowest BCUT2D eigenvalue weighted by molar-refractivity contribution is 0.0232. The van der Waals surface area contributed by atoms with Gasteiger partial charge in [0.2, 0.25) is 5.95 Å². The van der Waals surface area contributed by atoms with Crippen molar-refractivity contribution < 1.29 is 14.3 Å². The molecule has 1 aromatic carbocycles. The van der Waals surface area contributed by atoms with E-state index in [4.69, 9.17) is 10.5 Å². The molecule has 3 heterocycles. The molecule has 2 amide bonds. The summed E-state index contributed by atoms with van der Waals surface area (Å²) < 4.78 is 7.42. The standard InChI is InChI=1S/C25H27N5O3/c1-25(2,3)33-24(32)30-15-13-19-20(22(30)31)17(11-10-16-8-6-5-7-9-16)21(29(19)4)18-12-14-27-23(26)28-18/h5-12,14H,13,15H2,1-4H3,(H2,26,27,28)/b11-10+. The third kappa shape index (κ3) is 4.50. The number of carbonyl (C=O) groups excluding carboxylic acids is 2. The SMILES string of the molecule is Cn1c2c(c(/C=C/c3ccccc3)c1-c1ccnc(N)n1)C(=O)N(C(=O)OC(C)(C)C)CC2. The highest BCUT2D eigenvalue weighted by atomic mass is 16.6. The van der Waals surface area contributed by atoms with Crippen LogP contribution in [0.5, 0.6) is 0 Å². The molecule has 0 atom stereocenters. The van der Waals surface area contributed by atoms with Gasteiger partial charge in [0, 0.05) is 37.5 Å². The van der Waals surface area contributed by atoms with Crippen LogP contribution in [0.1, 0.15) is 48.0 Å². The largest absolute Gasteiger partial charge is 0.443 e. The predicted octanol–water partition coefficient (Wildman–Crippen LogP) is 4.17. The Labute approximate surface area is 192 Å². The van der Waals surface area contributed by atoms with Crippen molar-refractivity contribution in [2.24, 2.45) is 7.05 Å². The van der Waals surface area contributed by atoms with Gasteiger partial charge in [0.05, 0.1) is 17.0 Å². The second-order valence-electron chi connectivity index (χ2n) is 8.87. The molecule has 0 fully saturated rings. The zero-order chi connectivity index (χ0) is 23.8. The van der Waals surface area contributed by atoms with Crippen LogP contribution in [0.15, 0.2) is 42.6 Å². The molecule has 0 saturated carbocycles. The number of anilines is 1. The first-order valence-electron chi connectivity index (χ1n) is 10.7. The van der Waals surface area contributed by atoms with E-state index in [9.17, 15) is 9.59 Å². The molecule has 8 nitrogen and oxygen atoms in total. The molecule has 0 radical (unpaired) electrons. The van der Waals surface area contributed by atoms with Crippen LogP contribution in [-0.4, -0.2) is 43.6 Å². The topological polar surface area (TPSA) is 103 Å². The number of nitrogen functional groups attached to an aromatic ring is 1. The lowest BCUT2D eigenvalue weighted by Gasteiger charge is -2.29. The number of aromatic nitrogens is 3. The second kappa shape index (κ2) is 8.54. The van der Waals surface area contributed by atoms with E-state index < -0.39 is 11.7 Å². The zero-order valence-corrected chi connectivity index (χ0v) is 19.2. The molecule has 0 unspecified atom stereocenters. The van der Waals surface area contributed by atoms with Gasteiger partial charge in [0.15, 0.2) is 0 Å². The number of hydrogen-bond acceptors (Lipinski definition) is 6. The average molecular weight is 446 g/mol. The minimum Gasteiger partial charge on any atom is -0.443 e. The maximum atomic E-state index is 13.6. The number of nitrogens with zero attached hydrogens (tertiary/aromatic N) is 4. The molecule has 0 saturated heterocycles.